The molecule has 9 heteroatoms. The zero-order valence-electron chi connectivity index (χ0n) is 18.4. The summed E-state index contributed by atoms with van der Waals surface area (Å²) >= 11 is 6.29. The van der Waals surface area contributed by atoms with E-state index in [4.69, 9.17) is 27.5 Å². The van der Waals surface area contributed by atoms with Crippen LogP contribution < -0.4 is 20.1 Å². The van der Waals surface area contributed by atoms with Crippen LogP contribution in [0, 0.1) is 24.0 Å². The molecule has 2 amide bonds. The lowest BCUT2D eigenvalue weighted by atomic mass is 10.1. The molecule has 0 aliphatic carbocycles. The standard InChI is InChI=1S/C26H19ClF2N2O4/c1-3-12-35-24-18(27)14-16(15-23(24)34-2)13-17(25(32)30-21-10-6-4-8-19(21)28)26(33)31-22-11-7-5-9-20(22)29/h1,4-11,13-15H,12H2,2H3,(H,30,32)(H,31,33). The van der Waals surface area contributed by atoms with E-state index >= 15 is 0 Å². The van der Waals surface area contributed by atoms with Crippen molar-refractivity contribution in [3.8, 4) is 23.8 Å². The van der Waals surface area contributed by atoms with E-state index in [1.165, 1.54) is 61.7 Å². The van der Waals surface area contributed by atoms with Crippen LogP contribution in [0.15, 0.2) is 66.2 Å². The van der Waals surface area contributed by atoms with Crippen molar-refractivity contribution < 1.29 is 27.8 Å². The molecule has 0 fully saturated rings. The van der Waals surface area contributed by atoms with Crippen LogP contribution in [-0.4, -0.2) is 25.5 Å². The molecule has 178 valence electrons. The molecule has 0 atom stereocenters. The summed E-state index contributed by atoms with van der Waals surface area (Å²) in [6, 6.07) is 13.8. The molecule has 0 bridgehead atoms. The smallest absolute Gasteiger partial charge is 0.261 e. The van der Waals surface area contributed by atoms with Crippen LogP contribution in [0.4, 0.5) is 20.2 Å². The first-order valence-corrected chi connectivity index (χ1v) is 10.5. The van der Waals surface area contributed by atoms with Gasteiger partial charge in [-0.25, -0.2) is 8.78 Å². The van der Waals surface area contributed by atoms with E-state index in [0.717, 1.165) is 12.1 Å². The second kappa shape index (κ2) is 11.7. The number of carbonyl (C=O) groups is 2. The molecule has 0 radical (unpaired) electrons. The van der Waals surface area contributed by atoms with Gasteiger partial charge in [-0.3, -0.25) is 9.59 Å². The SMILES string of the molecule is C#CCOc1c(Cl)cc(C=C(C(=O)Nc2ccccc2F)C(=O)Nc2ccccc2F)cc1OC. The van der Waals surface area contributed by atoms with Crippen LogP contribution in [0.1, 0.15) is 5.56 Å². The predicted molar refractivity (Wildman–Crippen MR) is 130 cm³/mol. The van der Waals surface area contributed by atoms with Crippen LogP contribution in [0.25, 0.3) is 6.08 Å². The predicted octanol–water partition coefficient (Wildman–Crippen LogP) is 5.30. The molecule has 0 heterocycles. The number of nitrogens with one attached hydrogen (secondary N) is 2. The van der Waals surface area contributed by atoms with Gasteiger partial charge < -0.3 is 20.1 Å². The second-order valence-corrected chi connectivity index (χ2v) is 7.36. The number of halogens is 3. The summed E-state index contributed by atoms with van der Waals surface area (Å²) in [7, 11) is 1.37. The van der Waals surface area contributed by atoms with Gasteiger partial charge in [-0.1, -0.05) is 41.8 Å². The maximum Gasteiger partial charge on any atom is 0.261 e. The minimum absolute atomic E-state index is 0.0629. The van der Waals surface area contributed by atoms with Gasteiger partial charge in [0.15, 0.2) is 11.5 Å². The Labute approximate surface area is 205 Å². The average molecular weight is 497 g/mol. The van der Waals surface area contributed by atoms with E-state index in [9.17, 15) is 18.4 Å². The summed E-state index contributed by atoms with van der Waals surface area (Å²) in [4.78, 5) is 26.0. The summed E-state index contributed by atoms with van der Waals surface area (Å²) in [5.41, 5.74) is -0.458. The molecule has 2 N–H and O–H groups in total. The average Bonchev–Trinajstić information content (AvgIpc) is 2.84. The molecule has 3 aromatic carbocycles. The maximum atomic E-state index is 14.1. The Morgan fingerprint density at radius 1 is 1.00 bits per heavy atom. The highest BCUT2D eigenvalue weighted by atomic mass is 35.5. The zero-order valence-corrected chi connectivity index (χ0v) is 19.2. The van der Waals surface area contributed by atoms with Gasteiger partial charge in [0.25, 0.3) is 11.8 Å². The molecular weight excluding hydrogens is 478 g/mol. The number of ether oxygens (including phenoxy) is 2. The van der Waals surface area contributed by atoms with E-state index in [2.05, 4.69) is 16.6 Å². The first-order chi connectivity index (χ1) is 16.8. The molecule has 0 aromatic heterocycles. The Bertz CT molecular complexity index is 1270. The second-order valence-electron chi connectivity index (χ2n) is 6.95. The van der Waals surface area contributed by atoms with Crippen molar-refractivity contribution in [1.82, 2.24) is 0 Å². The van der Waals surface area contributed by atoms with Crippen molar-refractivity contribution in [2.45, 2.75) is 0 Å². The summed E-state index contributed by atoms with van der Waals surface area (Å²) in [5.74, 6) is -0.590. The molecule has 3 aromatic rings. The highest BCUT2D eigenvalue weighted by molar-refractivity contribution is 6.33. The van der Waals surface area contributed by atoms with Crippen LogP contribution in [0.2, 0.25) is 5.02 Å². The fraction of sp³-hybridized carbons (Fsp3) is 0.0769. The fourth-order valence-corrected chi connectivity index (χ4v) is 3.26. The van der Waals surface area contributed by atoms with E-state index in [1.807, 2.05) is 0 Å². The highest BCUT2D eigenvalue weighted by Gasteiger charge is 2.22. The first-order valence-electron chi connectivity index (χ1n) is 10.1. The van der Waals surface area contributed by atoms with Gasteiger partial charge in [0.05, 0.1) is 23.5 Å². The van der Waals surface area contributed by atoms with Crippen LogP contribution in [-0.2, 0) is 9.59 Å². The summed E-state index contributed by atoms with van der Waals surface area (Å²) in [6.07, 6.45) is 6.42. The van der Waals surface area contributed by atoms with E-state index < -0.39 is 29.0 Å². The monoisotopic (exact) mass is 496 g/mol. The van der Waals surface area contributed by atoms with Crippen LogP contribution >= 0.6 is 11.6 Å². The van der Waals surface area contributed by atoms with Crippen LogP contribution in [0.5, 0.6) is 11.5 Å². The third kappa shape index (κ3) is 6.37. The van der Waals surface area contributed by atoms with Gasteiger partial charge in [-0.05, 0) is 48.0 Å². The number of amides is 2. The van der Waals surface area contributed by atoms with Crippen LogP contribution in [0.3, 0.4) is 0 Å². The number of hydrogen-bond acceptors (Lipinski definition) is 4. The quantitative estimate of drug-likeness (QED) is 0.192. The van der Waals surface area contributed by atoms with Crippen molar-refractivity contribution in [1.29, 1.82) is 0 Å². The molecule has 0 aliphatic rings. The topological polar surface area (TPSA) is 76.7 Å². The van der Waals surface area contributed by atoms with Crippen molar-refractivity contribution >= 4 is 40.9 Å². The Morgan fingerprint density at radius 2 is 1.54 bits per heavy atom. The Hall–Kier alpha value is -4.35. The van der Waals surface area contributed by atoms with Gasteiger partial charge in [-0.15, -0.1) is 6.42 Å². The molecule has 0 saturated heterocycles. The Kier molecular flexibility index (Phi) is 8.43. The van der Waals surface area contributed by atoms with Gasteiger partial charge in [0.2, 0.25) is 0 Å². The van der Waals surface area contributed by atoms with Gasteiger partial charge in [0, 0.05) is 0 Å². The molecule has 0 aliphatic heterocycles. The molecule has 6 nitrogen and oxygen atoms in total. The molecular formula is C26H19ClF2N2O4. The minimum atomic E-state index is -0.938. The zero-order chi connectivity index (χ0) is 25.4. The summed E-state index contributed by atoms with van der Waals surface area (Å²) < 4.78 is 38.9. The number of methoxy groups -OCH3 is 1. The van der Waals surface area contributed by atoms with Gasteiger partial charge in [-0.2, -0.15) is 0 Å². The van der Waals surface area contributed by atoms with Crippen molar-refractivity contribution in [3.05, 3.63) is 88.5 Å². The number of benzene rings is 3. The normalized spacial score (nSPS) is 10.0. The van der Waals surface area contributed by atoms with Gasteiger partial charge >= 0.3 is 0 Å². The van der Waals surface area contributed by atoms with Crippen molar-refractivity contribution in [2.24, 2.45) is 0 Å². The Morgan fingerprint density at radius 3 is 2.03 bits per heavy atom. The van der Waals surface area contributed by atoms with E-state index in [0.29, 0.717) is 0 Å². The van der Waals surface area contributed by atoms with Gasteiger partial charge in [0.1, 0.15) is 23.8 Å². The number of carbonyl (C=O) groups excluding carboxylic acids is 2. The molecule has 0 spiro atoms. The lowest BCUT2D eigenvalue weighted by molar-refractivity contribution is -0.118. The summed E-state index contributed by atoms with van der Waals surface area (Å²) in [6.45, 7) is -0.0629. The number of hydrogen-bond donors (Lipinski definition) is 2. The van der Waals surface area contributed by atoms with E-state index in [-0.39, 0.29) is 40.1 Å². The number of terminal acetylenes is 1. The number of para-hydroxylation sites is 2. The minimum Gasteiger partial charge on any atom is -0.493 e. The summed E-state index contributed by atoms with van der Waals surface area (Å²) in [5, 5.41) is 4.80. The Balaban J connectivity index is 2.03. The number of rotatable bonds is 8. The lowest BCUT2D eigenvalue weighted by Crippen LogP contribution is -2.26. The van der Waals surface area contributed by atoms with Crippen molar-refractivity contribution in [2.75, 3.05) is 24.4 Å². The first kappa shape index (κ1) is 25.3. The molecule has 0 unspecified atom stereocenters. The number of anilines is 2. The molecule has 35 heavy (non-hydrogen) atoms. The van der Waals surface area contributed by atoms with E-state index in [1.54, 1.807) is 0 Å². The maximum absolute atomic E-state index is 14.1. The fourth-order valence-electron chi connectivity index (χ4n) is 2.98. The highest BCUT2D eigenvalue weighted by Crippen LogP contribution is 2.37. The van der Waals surface area contributed by atoms with Crippen molar-refractivity contribution in [3.63, 3.8) is 0 Å². The third-order valence-electron chi connectivity index (χ3n) is 4.60. The molecule has 3 rings (SSSR count). The molecule has 0 saturated carbocycles. The lowest BCUT2D eigenvalue weighted by Gasteiger charge is -2.13. The largest absolute Gasteiger partial charge is 0.493 e. The third-order valence-corrected chi connectivity index (χ3v) is 4.88.